The first kappa shape index (κ1) is 24.0. The van der Waals surface area contributed by atoms with E-state index in [1.54, 1.807) is 24.7 Å². The van der Waals surface area contributed by atoms with E-state index in [1.807, 2.05) is 0 Å². The van der Waals surface area contributed by atoms with Crippen LogP contribution in [0.1, 0.15) is 17.7 Å². The smallest absolute Gasteiger partial charge is 0.333 e. The molecule has 3 aromatic rings. The van der Waals surface area contributed by atoms with Gasteiger partial charge in [-0.25, -0.2) is 14.1 Å². The number of urea groups is 1. The van der Waals surface area contributed by atoms with Gasteiger partial charge in [-0.3, -0.25) is 9.48 Å². The molecule has 2 unspecified atom stereocenters. The summed E-state index contributed by atoms with van der Waals surface area (Å²) in [5.41, 5.74) is 1.65. The second-order valence-corrected chi connectivity index (χ2v) is 9.81. The third-order valence-electron chi connectivity index (χ3n) is 6.15. The van der Waals surface area contributed by atoms with Crippen LogP contribution in [0, 0.1) is 24.1 Å². The number of hydrogen-bond acceptors (Lipinski definition) is 8. The molecule has 2 atom stereocenters. The van der Waals surface area contributed by atoms with Crippen molar-refractivity contribution in [3.8, 4) is 11.8 Å². The number of aromatic nitrogens is 4. The molecule has 13 heteroatoms. The lowest BCUT2D eigenvalue weighted by Crippen LogP contribution is -2.62. The summed E-state index contributed by atoms with van der Waals surface area (Å²) in [6.07, 6.45) is 3.35. The van der Waals surface area contributed by atoms with Crippen molar-refractivity contribution < 1.29 is 18.7 Å². The van der Waals surface area contributed by atoms with Crippen LogP contribution in [-0.2, 0) is 11.8 Å². The molecule has 2 aliphatic heterocycles. The van der Waals surface area contributed by atoms with E-state index in [-0.39, 0.29) is 29.6 Å². The van der Waals surface area contributed by atoms with E-state index in [2.05, 4.69) is 21.4 Å². The van der Waals surface area contributed by atoms with Gasteiger partial charge in [0.1, 0.15) is 10.8 Å². The van der Waals surface area contributed by atoms with Crippen LogP contribution in [-0.4, -0.2) is 61.8 Å². The molecule has 5 rings (SSSR count). The molecule has 2 aliphatic rings. The summed E-state index contributed by atoms with van der Waals surface area (Å²) in [7, 11) is 3.04. The first-order chi connectivity index (χ1) is 17.3. The molecule has 1 aromatic carbocycles. The predicted molar refractivity (Wildman–Crippen MR) is 132 cm³/mol. The van der Waals surface area contributed by atoms with Gasteiger partial charge in [-0.15, -0.1) is 16.9 Å². The minimum Gasteiger partial charge on any atom is -0.494 e. The van der Waals surface area contributed by atoms with Gasteiger partial charge in [-0.1, -0.05) is 11.6 Å². The van der Waals surface area contributed by atoms with Crippen molar-refractivity contribution in [1.29, 1.82) is 5.26 Å². The van der Waals surface area contributed by atoms with Gasteiger partial charge in [0.05, 0.1) is 42.6 Å². The second-order valence-electron chi connectivity index (χ2n) is 8.22. The number of nitriles is 1. The molecule has 3 amide bonds. The Labute approximate surface area is 214 Å². The summed E-state index contributed by atoms with van der Waals surface area (Å²) in [6, 6.07) is 3.41. The average Bonchev–Trinajstić information content (AvgIpc) is 3.41. The van der Waals surface area contributed by atoms with E-state index < -0.39 is 29.0 Å². The third-order valence-corrected chi connectivity index (χ3v) is 7.81. The number of halogens is 2. The fraction of sp³-hybridized carbons (Fsp3) is 0.304. The molecule has 1 saturated heterocycles. The lowest BCUT2D eigenvalue weighted by Gasteiger charge is -2.40. The first-order valence-corrected chi connectivity index (χ1v) is 12.1. The van der Waals surface area contributed by atoms with Crippen LogP contribution in [0.2, 0.25) is 5.02 Å². The number of aryl methyl sites for hydroxylation is 2. The minimum absolute atomic E-state index is 0.00432. The number of nitrogens with zero attached hydrogens (tertiary/aromatic N) is 7. The molecule has 2 aromatic heterocycles. The summed E-state index contributed by atoms with van der Waals surface area (Å²) in [4.78, 5) is 30.5. The topological polar surface area (TPSA) is 117 Å². The highest BCUT2D eigenvalue weighted by Gasteiger charge is 2.51. The quantitative estimate of drug-likeness (QED) is 0.493. The van der Waals surface area contributed by atoms with Gasteiger partial charge < -0.3 is 9.64 Å². The Bertz CT molecular complexity index is 1500. The molecule has 36 heavy (non-hydrogen) atoms. The Morgan fingerprint density at radius 1 is 1.33 bits per heavy atom. The maximum absolute atomic E-state index is 14.1. The fourth-order valence-corrected chi connectivity index (χ4v) is 6.15. The van der Waals surface area contributed by atoms with Crippen molar-refractivity contribution in [3.63, 3.8) is 0 Å². The summed E-state index contributed by atoms with van der Waals surface area (Å²) in [5.74, 6) is -1.02. The monoisotopic (exact) mass is 527 g/mol. The zero-order chi connectivity index (χ0) is 25.7. The molecule has 0 spiro atoms. The lowest BCUT2D eigenvalue weighted by molar-refractivity contribution is -0.119. The van der Waals surface area contributed by atoms with E-state index in [0.29, 0.717) is 27.1 Å². The number of rotatable bonds is 5. The van der Waals surface area contributed by atoms with E-state index in [9.17, 15) is 19.2 Å². The Kier molecular flexibility index (Phi) is 6.05. The standard InChI is InChI=1S/C23H19ClFN7O3S/c1-11-13-10-27-28-21(19(13)30(2)29-11)32-22(33)20-16(31(23(32)34)6-4-5-26)9-18(36-20)12-7-17(35-3)15(25)8-14(12)24/h7-10,16,20H,4,6H2,1-3H3. The van der Waals surface area contributed by atoms with Crippen molar-refractivity contribution in [2.24, 2.45) is 7.05 Å². The normalized spacial score (nSPS) is 19.5. The second kappa shape index (κ2) is 9.07. The number of benzene rings is 1. The molecule has 0 saturated carbocycles. The Morgan fingerprint density at radius 2 is 2.11 bits per heavy atom. The number of thioether (sulfide) groups is 1. The van der Waals surface area contributed by atoms with Crippen molar-refractivity contribution in [1.82, 2.24) is 24.9 Å². The van der Waals surface area contributed by atoms with E-state index in [4.69, 9.17) is 16.3 Å². The van der Waals surface area contributed by atoms with Crippen LogP contribution in [0.3, 0.4) is 0 Å². The molecule has 1 fully saturated rings. The molecule has 0 radical (unpaired) electrons. The largest absolute Gasteiger partial charge is 0.494 e. The van der Waals surface area contributed by atoms with Crippen molar-refractivity contribution in [3.05, 3.63) is 46.5 Å². The average molecular weight is 528 g/mol. The number of anilines is 1. The fourth-order valence-electron chi connectivity index (χ4n) is 4.49. The van der Waals surface area contributed by atoms with Gasteiger partial charge in [-0.2, -0.15) is 15.5 Å². The molecule has 4 heterocycles. The van der Waals surface area contributed by atoms with Crippen LogP contribution in [0.4, 0.5) is 15.0 Å². The van der Waals surface area contributed by atoms with Gasteiger partial charge in [-0.05, 0) is 25.1 Å². The van der Waals surface area contributed by atoms with Crippen LogP contribution in [0.25, 0.3) is 15.8 Å². The Morgan fingerprint density at radius 3 is 2.83 bits per heavy atom. The van der Waals surface area contributed by atoms with E-state index >= 15 is 0 Å². The lowest BCUT2D eigenvalue weighted by atomic mass is 10.0. The van der Waals surface area contributed by atoms with Gasteiger partial charge in [0, 0.05) is 29.4 Å². The summed E-state index contributed by atoms with van der Waals surface area (Å²) in [5, 5.41) is 21.8. The number of imide groups is 1. The Balaban J connectivity index is 1.60. The number of hydrogen-bond donors (Lipinski definition) is 0. The number of carbonyl (C=O) groups is 2. The minimum atomic E-state index is -0.741. The molecule has 0 bridgehead atoms. The molecular weight excluding hydrogens is 509 g/mol. The van der Waals surface area contributed by atoms with Crippen molar-refractivity contribution >= 4 is 56.9 Å². The van der Waals surface area contributed by atoms with Crippen LogP contribution >= 0.6 is 23.4 Å². The zero-order valence-corrected chi connectivity index (χ0v) is 21.0. The van der Waals surface area contributed by atoms with E-state index in [1.165, 1.54) is 36.0 Å². The predicted octanol–water partition coefficient (Wildman–Crippen LogP) is 3.68. The van der Waals surface area contributed by atoms with Gasteiger partial charge in [0.25, 0.3) is 5.91 Å². The zero-order valence-electron chi connectivity index (χ0n) is 19.4. The van der Waals surface area contributed by atoms with E-state index in [0.717, 1.165) is 11.0 Å². The molecular formula is C23H19ClFN7O3S. The maximum Gasteiger partial charge on any atom is 0.333 e. The number of methoxy groups -OCH3 is 1. The number of fused-ring (bicyclic) bond motifs is 2. The first-order valence-electron chi connectivity index (χ1n) is 10.8. The highest BCUT2D eigenvalue weighted by Crippen LogP contribution is 2.47. The molecule has 0 N–H and O–H groups in total. The summed E-state index contributed by atoms with van der Waals surface area (Å²) in [6.45, 7) is 1.89. The van der Waals surface area contributed by atoms with Crippen molar-refractivity contribution in [2.75, 3.05) is 18.6 Å². The van der Waals surface area contributed by atoms with Gasteiger partial charge >= 0.3 is 6.03 Å². The third kappa shape index (κ3) is 3.66. The number of amides is 3. The van der Waals surface area contributed by atoms with Gasteiger partial charge in [0.2, 0.25) is 0 Å². The molecule has 0 aliphatic carbocycles. The molecule has 184 valence electrons. The van der Waals surface area contributed by atoms with Crippen LogP contribution in [0.15, 0.2) is 24.4 Å². The summed E-state index contributed by atoms with van der Waals surface area (Å²) >= 11 is 7.54. The van der Waals surface area contributed by atoms with Crippen LogP contribution < -0.4 is 9.64 Å². The van der Waals surface area contributed by atoms with Gasteiger partial charge in [0.15, 0.2) is 17.4 Å². The Hall–Kier alpha value is -3.69. The van der Waals surface area contributed by atoms with Crippen LogP contribution in [0.5, 0.6) is 5.75 Å². The highest BCUT2D eigenvalue weighted by atomic mass is 35.5. The summed E-state index contributed by atoms with van der Waals surface area (Å²) < 4.78 is 20.8. The maximum atomic E-state index is 14.1. The highest BCUT2D eigenvalue weighted by molar-refractivity contribution is 8.09. The number of ether oxygens (including phenoxy) is 1. The SMILES string of the molecule is COc1cc(C2=CC3C(S2)C(=O)N(c2nncc4c(C)nn(C)c24)C(=O)N3CCC#N)c(Cl)cc1F. The molecule has 10 nitrogen and oxygen atoms in total. The number of carbonyl (C=O) groups excluding carboxylic acids is 2. The van der Waals surface area contributed by atoms with Crippen molar-refractivity contribution in [2.45, 2.75) is 24.6 Å².